The lowest BCUT2D eigenvalue weighted by atomic mass is 10.3. The third kappa shape index (κ3) is 1.76. The summed E-state index contributed by atoms with van der Waals surface area (Å²) in [6.07, 6.45) is 3.52. The first-order valence-electron chi connectivity index (χ1n) is 4.82. The van der Waals surface area contributed by atoms with Crippen molar-refractivity contribution in [3.8, 4) is 0 Å². The fourth-order valence-electron chi connectivity index (χ4n) is 1.78. The Balaban J connectivity index is 2.04. The van der Waals surface area contributed by atoms with Gasteiger partial charge in [0.05, 0.1) is 12.3 Å². The third-order valence-electron chi connectivity index (χ3n) is 2.64. The number of hydrogen-bond donors (Lipinski definition) is 0. The van der Waals surface area contributed by atoms with E-state index in [1.165, 1.54) is 5.56 Å². The van der Waals surface area contributed by atoms with Gasteiger partial charge in [-0.25, -0.2) is 9.97 Å². The van der Waals surface area contributed by atoms with Crippen LogP contribution < -0.4 is 0 Å². The predicted octanol–water partition coefficient (Wildman–Crippen LogP) is 0.827. The van der Waals surface area contributed by atoms with E-state index >= 15 is 0 Å². The molecule has 76 valence electrons. The van der Waals surface area contributed by atoms with Gasteiger partial charge in [0.1, 0.15) is 6.33 Å². The Bertz CT molecular complexity index is 291. The zero-order valence-corrected chi connectivity index (χ0v) is 8.60. The molecule has 4 heteroatoms. The van der Waals surface area contributed by atoms with Crippen molar-refractivity contribution in [2.75, 3.05) is 13.7 Å². The molecule has 1 aliphatic heterocycles. The maximum atomic E-state index is 5.14. The summed E-state index contributed by atoms with van der Waals surface area (Å²) in [5.41, 5.74) is 2.40. The van der Waals surface area contributed by atoms with Crippen molar-refractivity contribution in [1.29, 1.82) is 0 Å². The van der Waals surface area contributed by atoms with Gasteiger partial charge in [-0.05, 0) is 6.92 Å². The Morgan fingerprint density at radius 3 is 3.14 bits per heavy atom. The van der Waals surface area contributed by atoms with Crippen LogP contribution in [0.1, 0.15) is 18.2 Å². The number of ether oxygens (including phenoxy) is 1. The molecule has 1 atom stereocenters. The van der Waals surface area contributed by atoms with Crippen LogP contribution in [-0.2, 0) is 17.8 Å². The largest absolute Gasteiger partial charge is 0.383 e. The van der Waals surface area contributed by atoms with Crippen molar-refractivity contribution >= 4 is 0 Å². The maximum absolute atomic E-state index is 5.14. The van der Waals surface area contributed by atoms with Crippen molar-refractivity contribution < 1.29 is 4.74 Å². The van der Waals surface area contributed by atoms with Gasteiger partial charge in [0.25, 0.3) is 0 Å². The molecule has 1 unspecified atom stereocenters. The van der Waals surface area contributed by atoms with Crippen LogP contribution in [0.5, 0.6) is 0 Å². The molecule has 1 aliphatic rings. The van der Waals surface area contributed by atoms with Gasteiger partial charge in [-0.3, -0.25) is 4.90 Å². The molecule has 0 aromatic carbocycles. The molecule has 0 radical (unpaired) electrons. The molecule has 2 heterocycles. The van der Waals surface area contributed by atoms with Crippen molar-refractivity contribution in [1.82, 2.24) is 14.9 Å². The molecular formula is C10H15N3O. The van der Waals surface area contributed by atoms with Crippen LogP contribution in [0.25, 0.3) is 0 Å². The first-order valence-corrected chi connectivity index (χ1v) is 4.82. The van der Waals surface area contributed by atoms with Crippen LogP contribution in [0.4, 0.5) is 0 Å². The van der Waals surface area contributed by atoms with Crippen LogP contribution in [0.15, 0.2) is 12.5 Å². The summed E-state index contributed by atoms with van der Waals surface area (Å²) in [5.74, 6) is 0. The van der Waals surface area contributed by atoms with Gasteiger partial charge in [0, 0.05) is 38.0 Å². The highest BCUT2D eigenvalue weighted by atomic mass is 16.5. The maximum Gasteiger partial charge on any atom is 0.115 e. The first kappa shape index (κ1) is 9.55. The number of methoxy groups -OCH3 is 1. The van der Waals surface area contributed by atoms with E-state index in [0.29, 0.717) is 6.04 Å². The predicted molar refractivity (Wildman–Crippen MR) is 52.6 cm³/mol. The summed E-state index contributed by atoms with van der Waals surface area (Å²) in [6.45, 7) is 4.80. The average molecular weight is 193 g/mol. The molecule has 0 bridgehead atoms. The first-order chi connectivity index (χ1) is 6.81. The average Bonchev–Trinajstić information content (AvgIpc) is 2.61. The highest BCUT2D eigenvalue weighted by Crippen LogP contribution is 2.21. The van der Waals surface area contributed by atoms with Crippen LogP contribution in [0.3, 0.4) is 0 Å². The van der Waals surface area contributed by atoms with E-state index in [1.807, 2.05) is 6.20 Å². The molecule has 4 nitrogen and oxygen atoms in total. The minimum Gasteiger partial charge on any atom is -0.383 e. The molecule has 1 aromatic heterocycles. The van der Waals surface area contributed by atoms with E-state index in [9.17, 15) is 0 Å². The fourth-order valence-corrected chi connectivity index (χ4v) is 1.78. The Morgan fingerprint density at radius 2 is 2.43 bits per heavy atom. The standard InChI is InChI=1S/C10H15N3O/c1-8(6-14-2)13-4-9-3-11-7-12-10(9)5-13/h3,7-8H,4-6H2,1-2H3. The van der Waals surface area contributed by atoms with Crippen molar-refractivity contribution in [2.45, 2.75) is 26.1 Å². The van der Waals surface area contributed by atoms with E-state index in [0.717, 1.165) is 25.4 Å². The van der Waals surface area contributed by atoms with Gasteiger partial charge in [-0.2, -0.15) is 0 Å². The van der Waals surface area contributed by atoms with Crippen LogP contribution in [-0.4, -0.2) is 34.6 Å². The summed E-state index contributed by atoms with van der Waals surface area (Å²) in [4.78, 5) is 10.6. The smallest absolute Gasteiger partial charge is 0.115 e. The summed E-state index contributed by atoms with van der Waals surface area (Å²) in [7, 11) is 1.74. The quantitative estimate of drug-likeness (QED) is 0.712. The van der Waals surface area contributed by atoms with Crippen LogP contribution in [0.2, 0.25) is 0 Å². The fraction of sp³-hybridized carbons (Fsp3) is 0.600. The number of rotatable bonds is 3. The van der Waals surface area contributed by atoms with Gasteiger partial charge in [0.2, 0.25) is 0 Å². The molecule has 0 aliphatic carbocycles. The molecule has 0 fully saturated rings. The van der Waals surface area contributed by atoms with Crippen molar-refractivity contribution in [3.63, 3.8) is 0 Å². The van der Waals surface area contributed by atoms with E-state index in [4.69, 9.17) is 4.74 Å². The van der Waals surface area contributed by atoms with Crippen molar-refractivity contribution in [2.24, 2.45) is 0 Å². The summed E-state index contributed by atoms with van der Waals surface area (Å²) >= 11 is 0. The molecule has 0 saturated heterocycles. The highest BCUT2D eigenvalue weighted by molar-refractivity contribution is 5.20. The number of nitrogens with zero attached hydrogens (tertiary/aromatic N) is 3. The summed E-state index contributed by atoms with van der Waals surface area (Å²) < 4.78 is 5.14. The number of fused-ring (bicyclic) bond motifs is 1. The summed E-state index contributed by atoms with van der Waals surface area (Å²) in [5, 5.41) is 0. The zero-order chi connectivity index (χ0) is 9.97. The lowest BCUT2D eigenvalue weighted by Gasteiger charge is -2.22. The molecule has 0 N–H and O–H groups in total. The Kier molecular flexibility index (Phi) is 2.74. The van der Waals surface area contributed by atoms with E-state index < -0.39 is 0 Å². The Labute approximate surface area is 83.9 Å². The Morgan fingerprint density at radius 1 is 1.57 bits per heavy atom. The van der Waals surface area contributed by atoms with Crippen LogP contribution in [0, 0.1) is 0 Å². The monoisotopic (exact) mass is 193 g/mol. The lowest BCUT2D eigenvalue weighted by Crippen LogP contribution is -2.31. The second-order valence-electron chi connectivity index (χ2n) is 3.70. The van der Waals surface area contributed by atoms with Gasteiger partial charge in [-0.1, -0.05) is 0 Å². The molecule has 2 rings (SSSR count). The molecule has 1 aromatic rings. The van der Waals surface area contributed by atoms with Gasteiger partial charge in [-0.15, -0.1) is 0 Å². The second kappa shape index (κ2) is 4.02. The minimum atomic E-state index is 0.439. The topological polar surface area (TPSA) is 38.2 Å². The highest BCUT2D eigenvalue weighted by Gasteiger charge is 2.23. The van der Waals surface area contributed by atoms with Gasteiger partial charge < -0.3 is 4.74 Å². The van der Waals surface area contributed by atoms with Gasteiger partial charge in [0.15, 0.2) is 0 Å². The second-order valence-corrected chi connectivity index (χ2v) is 3.70. The molecule has 0 amide bonds. The molecule has 0 saturated carbocycles. The number of hydrogen-bond acceptors (Lipinski definition) is 4. The lowest BCUT2D eigenvalue weighted by molar-refractivity contribution is 0.0976. The van der Waals surface area contributed by atoms with Crippen molar-refractivity contribution in [3.05, 3.63) is 23.8 Å². The van der Waals surface area contributed by atoms with E-state index in [1.54, 1.807) is 13.4 Å². The van der Waals surface area contributed by atoms with Crippen LogP contribution >= 0.6 is 0 Å². The minimum absolute atomic E-state index is 0.439. The molecular weight excluding hydrogens is 178 g/mol. The van der Waals surface area contributed by atoms with Gasteiger partial charge >= 0.3 is 0 Å². The SMILES string of the molecule is COCC(C)N1Cc2cncnc2C1. The normalized spacial score (nSPS) is 18.1. The number of aromatic nitrogens is 2. The molecule has 14 heavy (non-hydrogen) atoms. The third-order valence-corrected chi connectivity index (χ3v) is 2.64. The van der Waals surface area contributed by atoms with E-state index in [2.05, 4.69) is 21.8 Å². The Hall–Kier alpha value is -1.00. The zero-order valence-electron chi connectivity index (χ0n) is 8.60. The summed E-state index contributed by atoms with van der Waals surface area (Å²) in [6, 6.07) is 0.439. The molecule has 0 spiro atoms. The van der Waals surface area contributed by atoms with E-state index in [-0.39, 0.29) is 0 Å².